The van der Waals surface area contributed by atoms with Gasteiger partial charge in [0.15, 0.2) is 11.5 Å². The molecule has 1 atom stereocenters. The van der Waals surface area contributed by atoms with Crippen molar-refractivity contribution in [2.45, 2.75) is 57.7 Å². The lowest BCUT2D eigenvalue weighted by Gasteiger charge is -2.34. The average molecular weight is 542 g/mol. The van der Waals surface area contributed by atoms with E-state index < -0.39 is 6.04 Å². The molecule has 1 aromatic heterocycles. The van der Waals surface area contributed by atoms with Gasteiger partial charge in [-0.2, -0.15) is 0 Å². The number of anilines is 1. The number of amides is 2. The third kappa shape index (κ3) is 5.64. The predicted octanol–water partition coefficient (Wildman–Crippen LogP) is 4.98. The number of ether oxygens (including phenoxy) is 2. The molecule has 1 aliphatic carbocycles. The Kier molecular flexibility index (Phi) is 8.28. The summed E-state index contributed by atoms with van der Waals surface area (Å²) < 4.78 is 12.9. The first-order valence-electron chi connectivity index (χ1n) is 13.7. The maximum absolute atomic E-state index is 14.3. The van der Waals surface area contributed by atoms with Crippen molar-refractivity contribution >= 4 is 28.5 Å². The Hall–Kier alpha value is -4.40. The van der Waals surface area contributed by atoms with Crippen molar-refractivity contribution < 1.29 is 19.1 Å². The van der Waals surface area contributed by atoms with E-state index in [2.05, 4.69) is 15.6 Å². The lowest BCUT2D eigenvalue weighted by Crippen LogP contribution is -2.48. The molecule has 0 saturated heterocycles. The quantitative estimate of drug-likeness (QED) is 0.321. The summed E-state index contributed by atoms with van der Waals surface area (Å²) in [5.74, 6) is 0.312. The molecule has 1 heterocycles. The fraction of sp³-hybridized carbons (Fsp3) is 0.355. The van der Waals surface area contributed by atoms with Gasteiger partial charge in [0.2, 0.25) is 11.8 Å². The van der Waals surface area contributed by atoms with Gasteiger partial charge in [-0.25, -0.2) is 4.68 Å². The Morgan fingerprint density at radius 1 is 1.00 bits per heavy atom. The molecule has 4 aromatic rings. The standard InChI is InChI=1S/C31H35N5O4/c1-21-11-9-14-23(19-21)36(28(37)20-35-26-17-8-7-16-25(26)33-34-35)29(31(38)32-22-12-5-4-6-13-22)24-15-10-18-27(39-2)30(24)40-3/h7-11,14-19,22,29H,4-6,12-13,20H2,1-3H3,(H,32,38)/t29-/m1/s1. The van der Waals surface area contributed by atoms with E-state index in [1.165, 1.54) is 13.5 Å². The average Bonchev–Trinajstić information content (AvgIpc) is 3.38. The summed E-state index contributed by atoms with van der Waals surface area (Å²) in [6.45, 7) is 1.86. The molecule has 1 saturated carbocycles. The number of aromatic nitrogens is 3. The van der Waals surface area contributed by atoms with Gasteiger partial charge in [-0.15, -0.1) is 5.10 Å². The molecule has 0 aliphatic heterocycles. The largest absolute Gasteiger partial charge is 0.493 e. The van der Waals surface area contributed by atoms with Gasteiger partial charge in [-0.05, 0) is 55.7 Å². The molecule has 5 rings (SSSR count). The number of benzene rings is 3. The normalized spacial score (nSPS) is 14.5. The minimum Gasteiger partial charge on any atom is -0.493 e. The van der Waals surface area contributed by atoms with Crippen molar-refractivity contribution in [1.82, 2.24) is 20.3 Å². The molecule has 9 nitrogen and oxygen atoms in total. The van der Waals surface area contributed by atoms with Crippen LogP contribution < -0.4 is 19.7 Å². The summed E-state index contributed by atoms with van der Waals surface area (Å²) in [6, 6.07) is 19.5. The molecule has 0 radical (unpaired) electrons. The highest BCUT2D eigenvalue weighted by Crippen LogP contribution is 2.39. The number of fused-ring (bicyclic) bond motifs is 1. The maximum atomic E-state index is 14.3. The number of para-hydroxylation sites is 2. The van der Waals surface area contributed by atoms with Crippen molar-refractivity contribution in [1.29, 1.82) is 0 Å². The van der Waals surface area contributed by atoms with Crippen LogP contribution in [0.15, 0.2) is 66.7 Å². The number of aryl methyl sites for hydroxylation is 1. The summed E-state index contributed by atoms with van der Waals surface area (Å²) in [5.41, 5.74) is 3.53. The van der Waals surface area contributed by atoms with Gasteiger partial charge in [0.05, 0.1) is 19.7 Å². The van der Waals surface area contributed by atoms with Crippen LogP contribution in [0.2, 0.25) is 0 Å². The summed E-state index contributed by atoms with van der Waals surface area (Å²) in [6.07, 6.45) is 5.13. The van der Waals surface area contributed by atoms with Crippen LogP contribution in [-0.2, 0) is 16.1 Å². The number of carbonyl (C=O) groups is 2. The zero-order valence-electron chi connectivity index (χ0n) is 23.2. The molecular formula is C31H35N5O4. The number of nitrogens with one attached hydrogen (secondary N) is 1. The molecular weight excluding hydrogens is 506 g/mol. The van der Waals surface area contributed by atoms with Crippen LogP contribution in [0.5, 0.6) is 11.5 Å². The molecule has 3 aromatic carbocycles. The maximum Gasteiger partial charge on any atom is 0.249 e. The summed E-state index contributed by atoms with van der Waals surface area (Å²) >= 11 is 0. The second-order valence-corrected chi connectivity index (χ2v) is 10.2. The summed E-state index contributed by atoms with van der Waals surface area (Å²) in [4.78, 5) is 30.1. The van der Waals surface area contributed by atoms with Crippen LogP contribution in [0.25, 0.3) is 11.0 Å². The van der Waals surface area contributed by atoms with E-state index in [4.69, 9.17) is 9.47 Å². The molecule has 2 amide bonds. The zero-order chi connectivity index (χ0) is 28.1. The van der Waals surface area contributed by atoms with E-state index in [0.717, 1.165) is 36.8 Å². The Morgan fingerprint density at radius 2 is 1.77 bits per heavy atom. The molecule has 9 heteroatoms. The van der Waals surface area contributed by atoms with Crippen molar-refractivity contribution in [2.75, 3.05) is 19.1 Å². The van der Waals surface area contributed by atoms with Crippen molar-refractivity contribution in [3.63, 3.8) is 0 Å². The van der Waals surface area contributed by atoms with Gasteiger partial charge < -0.3 is 14.8 Å². The lowest BCUT2D eigenvalue weighted by molar-refractivity contribution is -0.127. The molecule has 40 heavy (non-hydrogen) atoms. The first-order valence-corrected chi connectivity index (χ1v) is 13.7. The molecule has 0 unspecified atom stereocenters. The molecule has 0 spiro atoms. The lowest BCUT2D eigenvalue weighted by atomic mass is 9.94. The monoisotopic (exact) mass is 541 g/mol. The number of carbonyl (C=O) groups excluding carboxylic acids is 2. The van der Waals surface area contributed by atoms with Crippen molar-refractivity contribution in [3.05, 3.63) is 77.9 Å². The Balaban J connectivity index is 1.63. The Bertz CT molecular complexity index is 1490. The van der Waals surface area contributed by atoms with E-state index in [9.17, 15) is 9.59 Å². The highest BCUT2D eigenvalue weighted by Gasteiger charge is 2.37. The highest BCUT2D eigenvalue weighted by molar-refractivity contribution is 6.02. The third-order valence-electron chi connectivity index (χ3n) is 7.44. The van der Waals surface area contributed by atoms with Crippen LogP contribution in [-0.4, -0.2) is 47.1 Å². The van der Waals surface area contributed by atoms with Crippen LogP contribution >= 0.6 is 0 Å². The van der Waals surface area contributed by atoms with Gasteiger partial charge in [-0.3, -0.25) is 14.5 Å². The number of methoxy groups -OCH3 is 2. The van der Waals surface area contributed by atoms with E-state index in [1.807, 2.05) is 61.5 Å². The second-order valence-electron chi connectivity index (χ2n) is 10.2. The molecule has 1 fully saturated rings. The van der Waals surface area contributed by atoms with E-state index >= 15 is 0 Å². The molecule has 0 bridgehead atoms. The summed E-state index contributed by atoms with van der Waals surface area (Å²) in [5, 5.41) is 11.7. The van der Waals surface area contributed by atoms with Gasteiger partial charge in [0.1, 0.15) is 18.1 Å². The predicted molar refractivity (Wildman–Crippen MR) is 153 cm³/mol. The first-order chi connectivity index (χ1) is 19.5. The zero-order valence-corrected chi connectivity index (χ0v) is 23.2. The number of hydrogen-bond acceptors (Lipinski definition) is 6. The van der Waals surface area contributed by atoms with E-state index in [1.54, 1.807) is 28.8 Å². The molecule has 1 N–H and O–H groups in total. The van der Waals surface area contributed by atoms with Crippen LogP contribution in [0.4, 0.5) is 5.69 Å². The topological polar surface area (TPSA) is 98.6 Å². The summed E-state index contributed by atoms with van der Waals surface area (Å²) in [7, 11) is 3.09. The van der Waals surface area contributed by atoms with Gasteiger partial charge in [-0.1, -0.05) is 60.9 Å². The van der Waals surface area contributed by atoms with Crippen molar-refractivity contribution in [3.8, 4) is 11.5 Å². The Morgan fingerprint density at radius 3 is 2.52 bits per heavy atom. The minimum absolute atomic E-state index is 0.0501. The van der Waals surface area contributed by atoms with Gasteiger partial charge in [0, 0.05) is 17.3 Å². The number of nitrogens with zero attached hydrogens (tertiary/aromatic N) is 4. The third-order valence-corrected chi connectivity index (χ3v) is 7.44. The number of rotatable bonds is 9. The van der Waals surface area contributed by atoms with Crippen LogP contribution in [0, 0.1) is 6.92 Å². The van der Waals surface area contributed by atoms with Gasteiger partial charge >= 0.3 is 0 Å². The highest BCUT2D eigenvalue weighted by atomic mass is 16.5. The van der Waals surface area contributed by atoms with Crippen LogP contribution in [0.3, 0.4) is 0 Å². The fourth-order valence-corrected chi connectivity index (χ4v) is 5.51. The van der Waals surface area contributed by atoms with Gasteiger partial charge in [0.25, 0.3) is 0 Å². The minimum atomic E-state index is -1.02. The van der Waals surface area contributed by atoms with Crippen molar-refractivity contribution in [2.24, 2.45) is 0 Å². The second kappa shape index (κ2) is 12.2. The SMILES string of the molecule is COc1cccc([C@H](C(=O)NC2CCCCC2)N(C(=O)Cn2nnc3ccccc32)c2cccc(C)c2)c1OC. The van der Waals surface area contributed by atoms with E-state index in [-0.39, 0.29) is 24.4 Å². The molecule has 1 aliphatic rings. The Labute approximate surface area is 234 Å². The number of hydrogen-bond donors (Lipinski definition) is 1. The van der Waals surface area contributed by atoms with Crippen LogP contribution in [0.1, 0.15) is 49.3 Å². The first kappa shape index (κ1) is 27.2. The van der Waals surface area contributed by atoms with E-state index in [0.29, 0.717) is 28.3 Å². The molecule has 208 valence electrons. The smallest absolute Gasteiger partial charge is 0.249 e. The fourth-order valence-electron chi connectivity index (χ4n) is 5.51.